The van der Waals surface area contributed by atoms with Crippen LogP contribution in [0.3, 0.4) is 0 Å². The molecule has 1 heterocycles. The van der Waals surface area contributed by atoms with E-state index in [1.165, 1.54) is 16.7 Å². The maximum atomic E-state index is 6.07. The first-order chi connectivity index (χ1) is 10.1. The number of benzene rings is 2. The monoisotopic (exact) mass is 300 g/mol. The molecule has 2 aromatic rings. The van der Waals surface area contributed by atoms with Gasteiger partial charge in [-0.15, -0.1) is 0 Å². The summed E-state index contributed by atoms with van der Waals surface area (Å²) in [7, 11) is 0. The Hall–Kier alpha value is -1.51. The van der Waals surface area contributed by atoms with E-state index in [-0.39, 0.29) is 0 Å². The zero-order valence-electron chi connectivity index (χ0n) is 12.3. The number of fused-ring (bicyclic) bond motifs is 1. The molecule has 21 heavy (non-hydrogen) atoms. The van der Waals surface area contributed by atoms with E-state index < -0.39 is 0 Å². The summed E-state index contributed by atoms with van der Waals surface area (Å²) in [5.74, 6) is 0. The fourth-order valence-corrected chi connectivity index (χ4v) is 3.25. The second kappa shape index (κ2) is 6.08. The zero-order chi connectivity index (χ0) is 14.8. The van der Waals surface area contributed by atoms with Crippen molar-refractivity contribution in [3.8, 4) is 0 Å². The van der Waals surface area contributed by atoms with Crippen molar-refractivity contribution in [2.24, 2.45) is 0 Å². The summed E-state index contributed by atoms with van der Waals surface area (Å²) >= 11 is 5.95. The third kappa shape index (κ3) is 3.22. The van der Waals surface area contributed by atoms with Crippen molar-refractivity contribution in [3.63, 3.8) is 0 Å². The maximum Gasteiger partial charge on any atom is 0.0406 e. The predicted molar refractivity (Wildman–Crippen MR) is 89.6 cm³/mol. The first-order valence-corrected chi connectivity index (χ1v) is 7.86. The van der Waals surface area contributed by atoms with Crippen LogP contribution in [0.1, 0.15) is 23.6 Å². The minimum absolute atomic E-state index is 0.515. The summed E-state index contributed by atoms with van der Waals surface area (Å²) in [6.07, 6.45) is 2.10. The molecule has 0 fully saturated rings. The molecule has 2 aromatic carbocycles. The van der Waals surface area contributed by atoms with Crippen LogP contribution in [0.25, 0.3) is 0 Å². The van der Waals surface area contributed by atoms with Crippen LogP contribution < -0.4 is 5.73 Å². The van der Waals surface area contributed by atoms with Crippen LogP contribution in [0, 0.1) is 0 Å². The summed E-state index contributed by atoms with van der Waals surface area (Å²) in [5.41, 5.74) is 11.1. The van der Waals surface area contributed by atoms with E-state index in [9.17, 15) is 0 Å². The summed E-state index contributed by atoms with van der Waals surface area (Å²) in [6, 6.07) is 15.0. The second-order valence-electron chi connectivity index (χ2n) is 5.89. The highest BCUT2D eigenvalue weighted by Crippen LogP contribution is 2.26. The van der Waals surface area contributed by atoms with E-state index in [4.69, 9.17) is 17.3 Å². The van der Waals surface area contributed by atoms with Crippen LogP contribution in [-0.2, 0) is 19.4 Å². The van der Waals surface area contributed by atoms with Gasteiger partial charge < -0.3 is 5.73 Å². The highest BCUT2D eigenvalue weighted by atomic mass is 35.5. The lowest BCUT2D eigenvalue weighted by atomic mass is 9.96. The van der Waals surface area contributed by atoms with Crippen LogP contribution in [0.4, 0.5) is 5.69 Å². The SMILES string of the molecule is CC(Cc1ccc(Cl)cc1)N1CCc2c(N)cccc2C1. The number of hydrogen-bond acceptors (Lipinski definition) is 2. The number of anilines is 1. The summed E-state index contributed by atoms with van der Waals surface area (Å²) in [4.78, 5) is 2.54. The Kier molecular flexibility index (Phi) is 4.18. The van der Waals surface area contributed by atoms with Crippen molar-refractivity contribution in [1.29, 1.82) is 0 Å². The molecule has 0 saturated carbocycles. The topological polar surface area (TPSA) is 29.3 Å². The molecule has 0 spiro atoms. The van der Waals surface area contributed by atoms with Crippen molar-refractivity contribution in [2.75, 3.05) is 12.3 Å². The Balaban J connectivity index is 1.69. The molecule has 3 rings (SSSR count). The Bertz CT molecular complexity index is 622. The molecule has 0 aliphatic carbocycles. The van der Waals surface area contributed by atoms with E-state index >= 15 is 0 Å². The Labute approximate surface area is 131 Å². The first kappa shape index (κ1) is 14.4. The Morgan fingerprint density at radius 3 is 2.71 bits per heavy atom. The minimum Gasteiger partial charge on any atom is -0.398 e. The minimum atomic E-state index is 0.515. The highest BCUT2D eigenvalue weighted by molar-refractivity contribution is 6.30. The molecule has 110 valence electrons. The lowest BCUT2D eigenvalue weighted by molar-refractivity contribution is 0.190. The quantitative estimate of drug-likeness (QED) is 0.871. The van der Waals surface area contributed by atoms with Crippen molar-refractivity contribution in [3.05, 3.63) is 64.2 Å². The fourth-order valence-electron chi connectivity index (χ4n) is 3.13. The van der Waals surface area contributed by atoms with E-state index in [1.54, 1.807) is 0 Å². The van der Waals surface area contributed by atoms with Gasteiger partial charge in [-0.25, -0.2) is 0 Å². The summed E-state index contributed by atoms with van der Waals surface area (Å²) < 4.78 is 0. The molecule has 1 aliphatic heterocycles. The van der Waals surface area contributed by atoms with Gasteiger partial charge in [0.05, 0.1) is 0 Å². The highest BCUT2D eigenvalue weighted by Gasteiger charge is 2.21. The van der Waals surface area contributed by atoms with Crippen LogP contribution in [-0.4, -0.2) is 17.5 Å². The van der Waals surface area contributed by atoms with Gasteiger partial charge in [-0.2, -0.15) is 0 Å². The maximum absolute atomic E-state index is 6.07. The van der Waals surface area contributed by atoms with E-state index in [0.717, 1.165) is 36.6 Å². The van der Waals surface area contributed by atoms with Crippen molar-refractivity contribution >= 4 is 17.3 Å². The van der Waals surface area contributed by atoms with Gasteiger partial charge in [0.25, 0.3) is 0 Å². The lowest BCUT2D eigenvalue weighted by Crippen LogP contribution is -2.39. The lowest BCUT2D eigenvalue weighted by Gasteiger charge is -2.34. The van der Waals surface area contributed by atoms with Gasteiger partial charge >= 0.3 is 0 Å². The van der Waals surface area contributed by atoms with Gasteiger partial charge in [-0.3, -0.25) is 4.90 Å². The molecule has 0 saturated heterocycles. The molecular weight excluding hydrogens is 280 g/mol. The van der Waals surface area contributed by atoms with Crippen LogP contribution in [0.2, 0.25) is 5.02 Å². The number of nitrogen functional groups attached to an aromatic ring is 1. The van der Waals surface area contributed by atoms with E-state index in [1.807, 2.05) is 18.2 Å². The van der Waals surface area contributed by atoms with Crippen molar-refractivity contribution in [2.45, 2.75) is 32.4 Å². The van der Waals surface area contributed by atoms with Crippen LogP contribution in [0.15, 0.2) is 42.5 Å². The van der Waals surface area contributed by atoms with Crippen molar-refractivity contribution in [1.82, 2.24) is 4.90 Å². The molecule has 0 radical (unpaired) electrons. The predicted octanol–water partition coefficient (Wildman–Crippen LogP) is 3.91. The molecule has 0 aromatic heterocycles. The van der Waals surface area contributed by atoms with Crippen LogP contribution >= 0.6 is 11.6 Å². The standard InChI is InChI=1S/C18H21ClN2/c1-13(11-14-5-7-16(19)8-6-14)21-10-9-17-15(12-21)3-2-4-18(17)20/h2-8,13H,9-12,20H2,1H3. The third-order valence-corrected chi connectivity index (χ3v) is 4.65. The van der Waals surface area contributed by atoms with Crippen molar-refractivity contribution < 1.29 is 0 Å². The smallest absolute Gasteiger partial charge is 0.0406 e. The van der Waals surface area contributed by atoms with E-state index in [0.29, 0.717) is 6.04 Å². The van der Waals surface area contributed by atoms with Gasteiger partial charge in [0.15, 0.2) is 0 Å². The molecule has 1 atom stereocenters. The second-order valence-corrected chi connectivity index (χ2v) is 6.32. The Morgan fingerprint density at radius 1 is 1.19 bits per heavy atom. The molecule has 0 amide bonds. The summed E-state index contributed by atoms with van der Waals surface area (Å²) in [5, 5.41) is 0.800. The Morgan fingerprint density at radius 2 is 1.95 bits per heavy atom. The number of nitrogens with zero attached hydrogens (tertiary/aromatic N) is 1. The third-order valence-electron chi connectivity index (χ3n) is 4.40. The van der Waals surface area contributed by atoms with Gasteiger partial charge in [-0.1, -0.05) is 35.9 Å². The van der Waals surface area contributed by atoms with Crippen LogP contribution in [0.5, 0.6) is 0 Å². The summed E-state index contributed by atoms with van der Waals surface area (Å²) in [6.45, 7) is 4.37. The normalized spacial score (nSPS) is 16.5. The molecule has 0 bridgehead atoms. The average molecular weight is 301 g/mol. The largest absolute Gasteiger partial charge is 0.398 e. The molecular formula is C18H21ClN2. The molecule has 3 heteroatoms. The molecule has 2 N–H and O–H groups in total. The zero-order valence-corrected chi connectivity index (χ0v) is 13.1. The van der Waals surface area contributed by atoms with Gasteiger partial charge in [0.1, 0.15) is 0 Å². The molecule has 2 nitrogen and oxygen atoms in total. The molecule has 1 aliphatic rings. The van der Waals surface area contributed by atoms with E-state index in [2.05, 4.69) is 36.1 Å². The van der Waals surface area contributed by atoms with Gasteiger partial charge in [0, 0.05) is 29.8 Å². The number of halogens is 1. The molecule has 1 unspecified atom stereocenters. The average Bonchev–Trinajstić information content (AvgIpc) is 2.49. The first-order valence-electron chi connectivity index (χ1n) is 7.48. The van der Waals surface area contributed by atoms with Gasteiger partial charge in [0.2, 0.25) is 0 Å². The number of nitrogens with two attached hydrogens (primary N) is 1. The van der Waals surface area contributed by atoms with Gasteiger partial charge in [-0.05, 0) is 54.7 Å². The fraction of sp³-hybridized carbons (Fsp3) is 0.333. The number of rotatable bonds is 3. The number of hydrogen-bond donors (Lipinski definition) is 1.